The van der Waals surface area contributed by atoms with Crippen molar-refractivity contribution in [1.82, 2.24) is 25.5 Å². The Morgan fingerprint density at radius 3 is 2.43 bits per heavy atom. The molecular weight excluding hydrogens is 472 g/mol. The topological polar surface area (TPSA) is 111 Å². The molecule has 1 aromatic heterocycles. The van der Waals surface area contributed by atoms with Gasteiger partial charge in [-0.05, 0) is 75.2 Å². The Labute approximate surface area is 217 Å². The highest BCUT2D eigenvalue weighted by Crippen LogP contribution is 2.30. The number of tetrazole rings is 1. The quantitative estimate of drug-likeness (QED) is 0.444. The molecule has 0 unspecified atom stereocenters. The number of benzene rings is 2. The SMILES string of the molecule is CCC[C@@H](C(=O)NC(C)(C)C)N(C(=O)Cn1nnc(-c2ccc(OC)c(OC)c2)n1)c1cccc(C)c1. The molecule has 0 saturated carbocycles. The Morgan fingerprint density at radius 2 is 1.81 bits per heavy atom. The van der Waals surface area contributed by atoms with Crippen LogP contribution in [-0.4, -0.2) is 57.8 Å². The van der Waals surface area contributed by atoms with E-state index < -0.39 is 11.6 Å². The molecule has 0 radical (unpaired) electrons. The van der Waals surface area contributed by atoms with Crippen LogP contribution in [0.25, 0.3) is 11.4 Å². The van der Waals surface area contributed by atoms with E-state index in [1.165, 1.54) is 4.80 Å². The summed E-state index contributed by atoms with van der Waals surface area (Å²) in [6.45, 7) is 9.51. The fourth-order valence-electron chi connectivity index (χ4n) is 3.98. The van der Waals surface area contributed by atoms with Gasteiger partial charge in [-0.3, -0.25) is 14.5 Å². The summed E-state index contributed by atoms with van der Waals surface area (Å²) >= 11 is 0. The van der Waals surface area contributed by atoms with E-state index in [-0.39, 0.29) is 18.4 Å². The zero-order valence-corrected chi connectivity index (χ0v) is 22.6. The molecule has 3 rings (SSSR count). The van der Waals surface area contributed by atoms with Crippen LogP contribution in [0.2, 0.25) is 0 Å². The van der Waals surface area contributed by atoms with Crippen molar-refractivity contribution in [1.29, 1.82) is 0 Å². The lowest BCUT2D eigenvalue weighted by Gasteiger charge is -2.33. The summed E-state index contributed by atoms with van der Waals surface area (Å²) in [4.78, 5) is 29.8. The normalized spacial score (nSPS) is 12.1. The summed E-state index contributed by atoms with van der Waals surface area (Å²) in [5.41, 5.74) is 1.86. The van der Waals surface area contributed by atoms with E-state index in [0.717, 1.165) is 12.0 Å². The standard InChI is InChI=1S/C27H36N6O4/c1-8-10-21(26(35)28-27(3,4)5)33(20-12-9-11-18(2)15-20)24(34)17-32-30-25(29-31-32)19-13-14-22(36-6)23(16-19)37-7/h9,11-16,21H,8,10,17H2,1-7H3,(H,28,35)/t21-/m0/s1. The second-order valence-electron chi connectivity index (χ2n) is 9.86. The van der Waals surface area contributed by atoms with Crippen molar-refractivity contribution < 1.29 is 19.1 Å². The molecule has 2 aromatic carbocycles. The molecule has 2 amide bonds. The van der Waals surface area contributed by atoms with E-state index >= 15 is 0 Å². The number of nitrogens with one attached hydrogen (secondary N) is 1. The monoisotopic (exact) mass is 508 g/mol. The minimum atomic E-state index is -0.688. The number of amides is 2. The van der Waals surface area contributed by atoms with Gasteiger partial charge in [0, 0.05) is 16.8 Å². The Kier molecular flexibility index (Phi) is 8.86. The molecule has 37 heavy (non-hydrogen) atoms. The number of methoxy groups -OCH3 is 2. The zero-order valence-electron chi connectivity index (χ0n) is 22.6. The van der Waals surface area contributed by atoms with Crippen LogP contribution in [0.1, 0.15) is 46.1 Å². The van der Waals surface area contributed by atoms with Crippen LogP contribution in [0.15, 0.2) is 42.5 Å². The van der Waals surface area contributed by atoms with E-state index in [0.29, 0.717) is 35.0 Å². The first-order valence-electron chi connectivity index (χ1n) is 12.3. The lowest BCUT2D eigenvalue weighted by atomic mass is 10.0. The third-order valence-electron chi connectivity index (χ3n) is 5.59. The molecule has 10 nitrogen and oxygen atoms in total. The Bertz CT molecular complexity index is 1230. The molecule has 0 saturated heterocycles. The van der Waals surface area contributed by atoms with Crippen molar-refractivity contribution in [3.63, 3.8) is 0 Å². The molecule has 3 aromatic rings. The van der Waals surface area contributed by atoms with Crippen LogP contribution in [0, 0.1) is 6.92 Å². The van der Waals surface area contributed by atoms with Crippen LogP contribution in [0.3, 0.4) is 0 Å². The largest absolute Gasteiger partial charge is 0.493 e. The average molecular weight is 509 g/mol. The lowest BCUT2D eigenvalue weighted by molar-refractivity contribution is -0.128. The molecule has 0 bridgehead atoms. The molecular formula is C27H36N6O4. The number of carbonyl (C=O) groups excluding carboxylic acids is 2. The number of hydrogen-bond donors (Lipinski definition) is 1. The summed E-state index contributed by atoms with van der Waals surface area (Å²) in [5.74, 6) is 0.931. The van der Waals surface area contributed by atoms with Gasteiger partial charge < -0.3 is 14.8 Å². The van der Waals surface area contributed by atoms with E-state index in [2.05, 4.69) is 20.7 Å². The first-order valence-corrected chi connectivity index (χ1v) is 12.3. The van der Waals surface area contributed by atoms with Crippen molar-refractivity contribution in [2.45, 2.75) is 65.6 Å². The molecule has 0 spiro atoms. The van der Waals surface area contributed by atoms with E-state index in [1.807, 2.05) is 58.9 Å². The highest BCUT2D eigenvalue weighted by atomic mass is 16.5. The first kappa shape index (κ1) is 27.6. The molecule has 198 valence electrons. The van der Waals surface area contributed by atoms with E-state index in [4.69, 9.17) is 9.47 Å². The summed E-state index contributed by atoms with van der Waals surface area (Å²) in [6, 6.07) is 12.2. The first-order chi connectivity index (χ1) is 17.6. The van der Waals surface area contributed by atoms with Gasteiger partial charge in [0.2, 0.25) is 11.7 Å². The van der Waals surface area contributed by atoms with Crippen LogP contribution in [0.5, 0.6) is 11.5 Å². The number of nitrogens with zero attached hydrogens (tertiary/aromatic N) is 5. The van der Waals surface area contributed by atoms with E-state index in [1.54, 1.807) is 37.3 Å². The van der Waals surface area contributed by atoms with Gasteiger partial charge in [0.15, 0.2) is 11.5 Å². The summed E-state index contributed by atoms with van der Waals surface area (Å²) in [5, 5.41) is 15.6. The fraction of sp³-hybridized carbons (Fsp3) is 0.444. The van der Waals surface area contributed by atoms with Crippen molar-refractivity contribution in [2.24, 2.45) is 0 Å². The molecule has 10 heteroatoms. The number of anilines is 1. The summed E-state index contributed by atoms with van der Waals surface area (Å²) < 4.78 is 10.6. The minimum Gasteiger partial charge on any atom is -0.493 e. The number of aromatic nitrogens is 4. The van der Waals surface area contributed by atoms with Crippen LogP contribution in [0.4, 0.5) is 5.69 Å². The zero-order chi connectivity index (χ0) is 27.2. The van der Waals surface area contributed by atoms with Gasteiger partial charge in [0.25, 0.3) is 5.91 Å². The van der Waals surface area contributed by atoms with E-state index in [9.17, 15) is 9.59 Å². The maximum absolute atomic E-state index is 13.7. The van der Waals surface area contributed by atoms with Gasteiger partial charge in [-0.1, -0.05) is 25.5 Å². The maximum Gasteiger partial charge on any atom is 0.251 e. The molecule has 0 fully saturated rings. The number of ether oxygens (including phenoxy) is 2. The second-order valence-corrected chi connectivity index (χ2v) is 9.86. The number of carbonyl (C=O) groups is 2. The smallest absolute Gasteiger partial charge is 0.251 e. The second kappa shape index (κ2) is 11.9. The number of rotatable bonds is 10. The van der Waals surface area contributed by atoms with Gasteiger partial charge in [-0.2, -0.15) is 4.80 Å². The molecule has 1 heterocycles. The third kappa shape index (κ3) is 7.05. The molecule has 1 atom stereocenters. The number of hydrogen-bond acceptors (Lipinski definition) is 7. The predicted octanol–water partition coefficient (Wildman–Crippen LogP) is 3.78. The summed E-state index contributed by atoms with van der Waals surface area (Å²) in [6.07, 6.45) is 1.23. The van der Waals surface area contributed by atoms with Crippen LogP contribution in [-0.2, 0) is 16.1 Å². The Hall–Kier alpha value is -3.95. The number of aryl methyl sites for hydroxylation is 1. The molecule has 0 aliphatic heterocycles. The van der Waals surface area contributed by atoms with Gasteiger partial charge in [-0.15, -0.1) is 10.2 Å². The average Bonchev–Trinajstić information content (AvgIpc) is 3.30. The van der Waals surface area contributed by atoms with Crippen LogP contribution >= 0.6 is 0 Å². The predicted molar refractivity (Wildman–Crippen MR) is 142 cm³/mol. The maximum atomic E-state index is 13.7. The minimum absolute atomic E-state index is 0.183. The fourth-order valence-corrected chi connectivity index (χ4v) is 3.98. The Balaban J connectivity index is 1.92. The van der Waals surface area contributed by atoms with Gasteiger partial charge in [-0.25, -0.2) is 0 Å². The van der Waals surface area contributed by atoms with Gasteiger partial charge in [0.1, 0.15) is 12.6 Å². The Morgan fingerprint density at radius 1 is 1.08 bits per heavy atom. The van der Waals surface area contributed by atoms with Crippen molar-refractivity contribution >= 4 is 17.5 Å². The van der Waals surface area contributed by atoms with Gasteiger partial charge in [0.05, 0.1) is 14.2 Å². The molecule has 0 aliphatic carbocycles. The van der Waals surface area contributed by atoms with Crippen LogP contribution < -0.4 is 19.7 Å². The lowest BCUT2D eigenvalue weighted by Crippen LogP contribution is -2.54. The van der Waals surface area contributed by atoms with Crippen molar-refractivity contribution in [2.75, 3.05) is 19.1 Å². The van der Waals surface area contributed by atoms with Crippen molar-refractivity contribution in [3.8, 4) is 22.9 Å². The highest BCUT2D eigenvalue weighted by molar-refractivity contribution is 6.00. The molecule has 1 N–H and O–H groups in total. The van der Waals surface area contributed by atoms with Gasteiger partial charge >= 0.3 is 0 Å². The summed E-state index contributed by atoms with van der Waals surface area (Å²) in [7, 11) is 3.11. The third-order valence-corrected chi connectivity index (χ3v) is 5.59. The highest BCUT2D eigenvalue weighted by Gasteiger charge is 2.33. The molecule has 0 aliphatic rings. The van der Waals surface area contributed by atoms with Crippen molar-refractivity contribution in [3.05, 3.63) is 48.0 Å².